The molecule has 2 saturated heterocycles. The predicted octanol–water partition coefficient (Wildman–Crippen LogP) is 3.17. The van der Waals surface area contributed by atoms with Gasteiger partial charge in [-0.2, -0.15) is 0 Å². The third-order valence-corrected chi connectivity index (χ3v) is 5.79. The molecule has 2 aliphatic heterocycles. The van der Waals surface area contributed by atoms with Gasteiger partial charge in [-0.25, -0.2) is 0 Å². The number of hydrogen-bond acceptors (Lipinski definition) is 4. The standard InChI is InChI=1S/C18H27BrN2O2.2ClH/c1-20-7-5-18(22,6-8-20)17(14-21-9-11-23-12-10-21)15-3-2-4-16(19)13-15;;/h2-4,13,17,22H,5-12,14H2,1H3;2*1H. The summed E-state index contributed by atoms with van der Waals surface area (Å²) >= 11 is 3.58. The Morgan fingerprint density at radius 2 is 1.80 bits per heavy atom. The lowest BCUT2D eigenvalue weighted by Crippen LogP contribution is -2.51. The van der Waals surface area contributed by atoms with Crippen molar-refractivity contribution in [2.45, 2.75) is 24.4 Å². The number of halogens is 3. The van der Waals surface area contributed by atoms with E-state index in [9.17, 15) is 5.11 Å². The van der Waals surface area contributed by atoms with E-state index < -0.39 is 5.60 Å². The molecule has 0 aliphatic carbocycles. The Balaban J connectivity index is 0.00000156. The number of likely N-dealkylation sites (tertiary alicyclic amines) is 1. The minimum atomic E-state index is -0.619. The Kier molecular flexibility index (Phi) is 9.68. The number of hydrogen-bond donors (Lipinski definition) is 1. The van der Waals surface area contributed by atoms with Gasteiger partial charge < -0.3 is 14.7 Å². The Morgan fingerprint density at radius 3 is 2.40 bits per heavy atom. The zero-order valence-corrected chi connectivity index (χ0v) is 17.9. The molecule has 1 aromatic carbocycles. The summed E-state index contributed by atoms with van der Waals surface area (Å²) in [4.78, 5) is 4.74. The van der Waals surface area contributed by atoms with Gasteiger partial charge in [0.15, 0.2) is 0 Å². The van der Waals surface area contributed by atoms with Crippen LogP contribution in [0.5, 0.6) is 0 Å². The van der Waals surface area contributed by atoms with Crippen LogP contribution in [0.4, 0.5) is 0 Å². The number of nitrogens with zero attached hydrogens (tertiary/aromatic N) is 2. The van der Waals surface area contributed by atoms with Crippen molar-refractivity contribution in [1.82, 2.24) is 9.80 Å². The van der Waals surface area contributed by atoms with Crippen LogP contribution in [0.15, 0.2) is 28.7 Å². The van der Waals surface area contributed by atoms with Gasteiger partial charge >= 0.3 is 0 Å². The Bertz CT molecular complexity index is 522. The molecule has 25 heavy (non-hydrogen) atoms. The average Bonchev–Trinajstić information content (AvgIpc) is 2.56. The lowest BCUT2D eigenvalue weighted by molar-refractivity contribution is -0.0537. The summed E-state index contributed by atoms with van der Waals surface area (Å²) in [5.74, 6) is 0.145. The number of piperidine rings is 1. The summed E-state index contributed by atoms with van der Waals surface area (Å²) in [5, 5.41) is 11.4. The summed E-state index contributed by atoms with van der Waals surface area (Å²) in [5.41, 5.74) is 0.615. The zero-order chi connectivity index (χ0) is 16.3. The van der Waals surface area contributed by atoms with Crippen molar-refractivity contribution in [3.05, 3.63) is 34.3 Å². The molecule has 0 aromatic heterocycles. The Labute approximate surface area is 171 Å². The van der Waals surface area contributed by atoms with E-state index in [0.717, 1.165) is 63.3 Å². The highest BCUT2D eigenvalue weighted by molar-refractivity contribution is 9.10. The van der Waals surface area contributed by atoms with Crippen LogP contribution in [0, 0.1) is 0 Å². The summed E-state index contributed by atoms with van der Waals surface area (Å²) < 4.78 is 6.55. The lowest BCUT2D eigenvalue weighted by atomic mass is 9.75. The molecule has 1 N–H and O–H groups in total. The zero-order valence-electron chi connectivity index (χ0n) is 14.7. The molecule has 1 unspecified atom stereocenters. The molecule has 0 amide bonds. The van der Waals surface area contributed by atoms with Crippen LogP contribution in [-0.2, 0) is 4.74 Å². The maximum Gasteiger partial charge on any atom is 0.0752 e. The highest BCUT2D eigenvalue weighted by Gasteiger charge is 2.40. The third kappa shape index (κ3) is 6.06. The Morgan fingerprint density at radius 1 is 1.16 bits per heavy atom. The average molecular weight is 456 g/mol. The highest BCUT2D eigenvalue weighted by atomic mass is 79.9. The van der Waals surface area contributed by atoms with E-state index in [2.05, 4.69) is 51.0 Å². The molecule has 2 heterocycles. The Hall–Kier alpha value is 0.120. The van der Waals surface area contributed by atoms with E-state index >= 15 is 0 Å². The first kappa shape index (κ1) is 23.2. The van der Waals surface area contributed by atoms with Gasteiger partial charge in [0.05, 0.1) is 18.8 Å². The largest absolute Gasteiger partial charge is 0.389 e. The first-order chi connectivity index (χ1) is 11.1. The van der Waals surface area contributed by atoms with E-state index in [4.69, 9.17) is 4.74 Å². The number of rotatable bonds is 4. The van der Waals surface area contributed by atoms with Crippen LogP contribution in [0.3, 0.4) is 0 Å². The topological polar surface area (TPSA) is 35.9 Å². The molecular weight excluding hydrogens is 427 g/mol. The summed E-state index contributed by atoms with van der Waals surface area (Å²) in [6, 6.07) is 8.45. The van der Waals surface area contributed by atoms with E-state index in [-0.39, 0.29) is 30.7 Å². The fourth-order valence-corrected chi connectivity index (χ4v) is 4.12. The molecule has 3 rings (SSSR count). The van der Waals surface area contributed by atoms with Gasteiger partial charge in [-0.05, 0) is 37.6 Å². The number of benzene rings is 1. The summed E-state index contributed by atoms with van der Waals surface area (Å²) in [6.45, 7) is 6.34. The van der Waals surface area contributed by atoms with Crippen LogP contribution in [0.1, 0.15) is 24.3 Å². The van der Waals surface area contributed by atoms with Crippen molar-refractivity contribution in [3.63, 3.8) is 0 Å². The number of aliphatic hydroxyl groups is 1. The van der Waals surface area contributed by atoms with Crippen LogP contribution in [-0.4, -0.2) is 73.5 Å². The van der Waals surface area contributed by atoms with Crippen LogP contribution in [0.2, 0.25) is 0 Å². The molecule has 0 bridgehead atoms. The van der Waals surface area contributed by atoms with E-state index in [1.54, 1.807) is 0 Å². The molecule has 0 saturated carbocycles. The molecule has 0 radical (unpaired) electrons. The van der Waals surface area contributed by atoms with E-state index in [0.29, 0.717) is 0 Å². The van der Waals surface area contributed by atoms with Gasteiger partial charge in [-0.3, -0.25) is 4.90 Å². The predicted molar refractivity (Wildman–Crippen MR) is 110 cm³/mol. The van der Waals surface area contributed by atoms with Crippen molar-refractivity contribution < 1.29 is 9.84 Å². The molecule has 2 aliphatic rings. The van der Waals surface area contributed by atoms with Crippen molar-refractivity contribution in [2.75, 3.05) is 53.0 Å². The fraction of sp³-hybridized carbons (Fsp3) is 0.667. The van der Waals surface area contributed by atoms with E-state index in [1.807, 2.05) is 6.07 Å². The fourth-order valence-electron chi connectivity index (χ4n) is 3.71. The molecule has 4 nitrogen and oxygen atoms in total. The molecular formula is C18H29BrCl2N2O2. The second kappa shape index (κ2) is 10.5. The van der Waals surface area contributed by atoms with Gasteiger partial charge in [0.1, 0.15) is 0 Å². The maximum atomic E-state index is 11.4. The molecule has 0 spiro atoms. The van der Waals surface area contributed by atoms with Gasteiger partial charge in [0.25, 0.3) is 0 Å². The molecule has 144 valence electrons. The monoisotopic (exact) mass is 454 g/mol. The maximum absolute atomic E-state index is 11.4. The SMILES string of the molecule is CN1CCC(O)(C(CN2CCOCC2)c2cccc(Br)c2)CC1.Cl.Cl. The van der Waals surface area contributed by atoms with Crippen molar-refractivity contribution in [2.24, 2.45) is 0 Å². The second-order valence-corrected chi connectivity index (χ2v) is 7.84. The first-order valence-electron chi connectivity index (χ1n) is 8.53. The molecule has 1 atom stereocenters. The van der Waals surface area contributed by atoms with Crippen molar-refractivity contribution in [1.29, 1.82) is 0 Å². The molecule has 2 fully saturated rings. The van der Waals surface area contributed by atoms with Crippen molar-refractivity contribution in [3.8, 4) is 0 Å². The van der Waals surface area contributed by atoms with Crippen molar-refractivity contribution >= 4 is 40.7 Å². The van der Waals surface area contributed by atoms with Gasteiger partial charge in [0, 0.05) is 43.1 Å². The summed E-state index contributed by atoms with van der Waals surface area (Å²) in [6.07, 6.45) is 1.68. The van der Waals surface area contributed by atoms with E-state index in [1.165, 1.54) is 5.56 Å². The quantitative estimate of drug-likeness (QED) is 0.756. The lowest BCUT2D eigenvalue weighted by Gasteiger charge is -2.44. The second-order valence-electron chi connectivity index (χ2n) is 6.93. The van der Waals surface area contributed by atoms with Gasteiger partial charge in [-0.1, -0.05) is 28.1 Å². The first-order valence-corrected chi connectivity index (χ1v) is 9.33. The molecule has 7 heteroatoms. The minimum absolute atomic E-state index is 0. The van der Waals surface area contributed by atoms with Gasteiger partial charge in [0.2, 0.25) is 0 Å². The third-order valence-electron chi connectivity index (χ3n) is 5.30. The van der Waals surface area contributed by atoms with Crippen LogP contribution in [0.25, 0.3) is 0 Å². The molecule has 1 aromatic rings. The summed E-state index contributed by atoms with van der Waals surface area (Å²) in [7, 11) is 2.13. The highest BCUT2D eigenvalue weighted by Crippen LogP contribution is 2.38. The van der Waals surface area contributed by atoms with Crippen LogP contribution >= 0.6 is 40.7 Å². The minimum Gasteiger partial charge on any atom is -0.389 e. The van der Waals surface area contributed by atoms with Crippen LogP contribution < -0.4 is 0 Å². The normalized spacial score (nSPS) is 22.5. The smallest absolute Gasteiger partial charge is 0.0752 e. The number of morpholine rings is 1. The van der Waals surface area contributed by atoms with Gasteiger partial charge in [-0.15, -0.1) is 24.8 Å². The number of ether oxygens (including phenoxy) is 1.